The standard InChI is InChI=1S/C14H19N7O5/c1-4-19-7-9(12(17-19)13(23)15-2)16-11(22)5-6-20-8-10(21(24)25)14(18-20)26-3/h7-8H,4-6H2,1-3H3,(H,15,23)(H,16,22). The van der Waals surface area contributed by atoms with Crippen molar-refractivity contribution in [3.63, 3.8) is 0 Å². The van der Waals surface area contributed by atoms with Crippen molar-refractivity contribution < 1.29 is 19.2 Å². The van der Waals surface area contributed by atoms with Gasteiger partial charge in [0.05, 0.1) is 24.3 Å². The number of nitro groups is 1. The number of rotatable bonds is 8. The zero-order valence-electron chi connectivity index (χ0n) is 14.6. The average molecular weight is 365 g/mol. The summed E-state index contributed by atoms with van der Waals surface area (Å²) in [6, 6.07) is 0. The molecule has 0 aliphatic carbocycles. The fraction of sp³-hybridized carbons (Fsp3) is 0.429. The van der Waals surface area contributed by atoms with Crippen LogP contribution in [0.5, 0.6) is 5.88 Å². The minimum atomic E-state index is -0.614. The Morgan fingerprint density at radius 2 is 2.04 bits per heavy atom. The number of nitrogens with one attached hydrogen (secondary N) is 2. The predicted molar refractivity (Wildman–Crippen MR) is 90.0 cm³/mol. The normalized spacial score (nSPS) is 10.4. The maximum Gasteiger partial charge on any atom is 0.350 e. The molecule has 2 amide bonds. The van der Waals surface area contributed by atoms with E-state index in [4.69, 9.17) is 4.74 Å². The number of aryl methyl sites for hydroxylation is 2. The number of methoxy groups -OCH3 is 1. The Morgan fingerprint density at radius 3 is 2.58 bits per heavy atom. The largest absolute Gasteiger partial charge is 0.475 e. The Labute approximate surface area is 148 Å². The van der Waals surface area contributed by atoms with Gasteiger partial charge in [-0.3, -0.25) is 29.1 Å². The highest BCUT2D eigenvalue weighted by Gasteiger charge is 2.21. The molecule has 0 aliphatic rings. The molecule has 0 fully saturated rings. The van der Waals surface area contributed by atoms with Crippen LogP contribution in [0.2, 0.25) is 0 Å². The van der Waals surface area contributed by atoms with Crippen molar-refractivity contribution in [3.05, 3.63) is 28.2 Å². The molecule has 26 heavy (non-hydrogen) atoms. The summed E-state index contributed by atoms with van der Waals surface area (Å²) in [7, 11) is 2.75. The van der Waals surface area contributed by atoms with Gasteiger partial charge in [-0.05, 0) is 6.92 Å². The number of hydrogen-bond donors (Lipinski definition) is 2. The van der Waals surface area contributed by atoms with Crippen molar-refractivity contribution in [2.45, 2.75) is 26.4 Å². The van der Waals surface area contributed by atoms with E-state index >= 15 is 0 Å². The van der Waals surface area contributed by atoms with E-state index in [1.807, 2.05) is 6.92 Å². The van der Waals surface area contributed by atoms with E-state index in [1.54, 1.807) is 6.20 Å². The van der Waals surface area contributed by atoms with Gasteiger partial charge >= 0.3 is 11.6 Å². The zero-order valence-corrected chi connectivity index (χ0v) is 14.6. The first-order valence-electron chi connectivity index (χ1n) is 7.74. The van der Waals surface area contributed by atoms with Crippen molar-refractivity contribution in [3.8, 4) is 5.88 Å². The lowest BCUT2D eigenvalue weighted by molar-refractivity contribution is -0.385. The summed E-state index contributed by atoms with van der Waals surface area (Å²) in [6.45, 7) is 2.49. The number of nitrogens with zero attached hydrogens (tertiary/aromatic N) is 5. The third kappa shape index (κ3) is 4.15. The summed E-state index contributed by atoms with van der Waals surface area (Å²) < 4.78 is 7.61. The number of hydrogen-bond acceptors (Lipinski definition) is 7. The quantitative estimate of drug-likeness (QED) is 0.508. The fourth-order valence-corrected chi connectivity index (χ4v) is 2.17. The third-order valence-corrected chi connectivity index (χ3v) is 3.47. The molecule has 0 spiro atoms. The molecule has 2 heterocycles. The van der Waals surface area contributed by atoms with Crippen LogP contribution in [0.4, 0.5) is 11.4 Å². The van der Waals surface area contributed by atoms with E-state index in [0.717, 1.165) is 0 Å². The minimum absolute atomic E-state index is 0.00746. The number of carbonyl (C=O) groups is 2. The molecule has 0 bridgehead atoms. The molecule has 0 unspecified atom stereocenters. The fourth-order valence-electron chi connectivity index (χ4n) is 2.17. The van der Waals surface area contributed by atoms with Crippen LogP contribution in [-0.4, -0.2) is 50.5 Å². The molecule has 12 nitrogen and oxygen atoms in total. The van der Waals surface area contributed by atoms with Crippen LogP contribution in [0.1, 0.15) is 23.8 Å². The molecule has 12 heteroatoms. The van der Waals surface area contributed by atoms with Crippen LogP contribution in [0.3, 0.4) is 0 Å². The Balaban J connectivity index is 2.05. The number of carbonyl (C=O) groups excluding carboxylic acids is 2. The van der Waals surface area contributed by atoms with Crippen molar-refractivity contribution in [2.75, 3.05) is 19.5 Å². The van der Waals surface area contributed by atoms with E-state index in [9.17, 15) is 19.7 Å². The van der Waals surface area contributed by atoms with E-state index in [2.05, 4.69) is 20.8 Å². The lowest BCUT2D eigenvalue weighted by Gasteiger charge is -2.04. The second-order valence-corrected chi connectivity index (χ2v) is 5.17. The summed E-state index contributed by atoms with van der Waals surface area (Å²) in [6.07, 6.45) is 2.74. The van der Waals surface area contributed by atoms with E-state index in [1.165, 1.54) is 29.7 Å². The summed E-state index contributed by atoms with van der Waals surface area (Å²) in [4.78, 5) is 34.3. The molecule has 0 radical (unpaired) electrons. The van der Waals surface area contributed by atoms with Gasteiger partial charge in [-0.25, -0.2) is 0 Å². The number of aromatic nitrogens is 4. The number of amides is 2. The summed E-state index contributed by atoms with van der Waals surface area (Å²) in [5.74, 6) is -0.926. The molecule has 0 saturated carbocycles. The van der Waals surface area contributed by atoms with Crippen LogP contribution in [0, 0.1) is 10.1 Å². The van der Waals surface area contributed by atoms with Gasteiger partial charge in [0.25, 0.3) is 5.91 Å². The van der Waals surface area contributed by atoms with Crippen LogP contribution in [0.15, 0.2) is 12.4 Å². The molecule has 2 aromatic rings. The Kier molecular flexibility index (Phi) is 5.88. The van der Waals surface area contributed by atoms with E-state index in [-0.39, 0.29) is 36.1 Å². The maximum absolute atomic E-state index is 12.2. The Hall–Kier alpha value is -3.44. The lowest BCUT2D eigenvalue weighted by Crippen LogP contribution is -2.22. The highest BCUT2D eigenvalue weighted by Crippen LogP contribution is 2.24. The van der Waals surface area contributed by atoms with Gasteiger partial charge in [0.15, 0.2) is 5.69 Å². The van der Waals surface area contributed by atoms with Gasteiger partial charge in [0.2, 0.25) is 5.91 Å². The smallest absolute Gasteiger partial charge is 0.350 e. The van der Waals surface area contributed by atoms with Gasteiger partial charge in [-0.2, -0.15) is 5.10 Å². The molecule has 0 aliphatic heterocycles. The Bertz CT molecular complexity index is 826. The second-order valence-electron chi connectivity index (χ2n) is 5.17. The summed E-state index contributed by atoms with van der Waals surface area (Å²) in [5.41, 5.74) is 0.123. The van der Waals surface area contributed by atoms with Gasteiger partial charge in [-0.15, -0.1) is 5.10 Å². The molecular formula is C14H19N7O5. The first-order valence-corrected chi connectivity index (χ1v) is 7.74. The third-order valence-electron chi connectivity index (χ3n) is 3.47. The average Bonchev–Trinajstić information content (AvgIpc) is 3.23. The summed E-state index contributed by atoms with van der Waals surface area (Å²) in [5, 5.41) is 24.0. The van der Waals surface area contributed by atoms with E-state index in [0.29, 0.717) is 12.2 Å². The van der Waals surface area contributed by atoms with Crippen LogP contribution in [-0.2, 0) is 17.9 Å². The molecule has 0 aromatic carbocycles. The monoisotopic (exact) mass is 365 g/mol. The highest BCUT2D eigenvalue weighted by atomic mass is 16.6. The van der Waals surface area contributed by atoms with Gasteiger partial charge in [0, 0.05) is 26.2 Å². The first kappa shape index (κ1) is 18.9. The second kappa shape index (κ2) is 8.09. The maximum atomic E-state index is 12.2. The summed E-state index contributed by atoms with van der Waals surface area (Å²) >= 11 is 0. The predicted octanol–water partition coefficient (Wildman–Crippen LogP) is 0.405. The van der Waals surface area contributed by atoms with Crippen molar-refractivity contribution in [1.29, 1.82) is 0 Å². The van der Waals surface area contributed by atoms with Crippen molar-refractivity contribution in [2.24, 2.45) is 0 Å². The zero-order chi connectivity index (χ0) is 19.3. The molecule has 2 aromatic heterocycles. The molecule has 2 N–H and O–H groups in total. The lowest BCUT2D eigenvalue weighted by atomic mass is 10.3. The topological polar surface area (TPSA) is 146 Å². The molecule has 0 saturated heterocycles. The van der Waals surface area contributed by atoms with Crippen LogP contribution in [0.25, 0.3) is 0 Å². The van der Waals surface area contributed by atoms with Gasteiger partial charge in [-0.1, -0.05) is 0 Å². The molecule has 140 valence electrons. The first-order chi connectivity index (χ1) is 12.4. The Morgan fingerprint density at radius 1 is 1.31 bits per heavy atom. The van der Waals surface area contributed by atoms with Gasteiger partial charge in [0.1, 0.15) is 6.20 Å². The van der Waals surface area contributed by atoms with E-state index < -0.39 is 10.8 Å². The van der Waals surface area contributed by atoms with Crippen LogP contribution >= 0.6 is 0 Å². The molecular weight excluding hydrogens is 346 g/mol. The minimum Gasteiger partial charge on any atom is -0.475 e. The highest BCUT2D eigenvalue weighted by molar-refractivity contribution is 6.02. The molecule has 0 atom stereocenters. The van der Waals surface area contributed by atoms with Crippen LogP contribution < -0.4 is 15.4 Å². The van der Waals surface area contributed by atoms with Gasteiger partial charge < -0.3 is 15.4 Å². The number of anilines is 1. The van der Waals surface area contributed by atoms with Crippen molar-refractivity contribution in [1.82, 2.24) is 24.9 Å². The van der Waals surface area contributed by atoms with Crippen molar-refractivity contribution >= 4 is 23.2 Å². The number of ether oxygens (including phenoxy) is 1. The SMILES string of the molecule is CCn1cc(NC(=O)CCn2cc([N+](=O)[O-])c(OC)n2)c(C(=O)NC)n1. The molecule has 2 rings (SSSR count).